The molecule has 5 rings (SSSR count). The number of alkyl halides is 1. The van der Waals surface area contributed by atoms with Crippen LogP contribution in [-0.4, -0.2) is 6.61 Å². The number of halogens is 1. The molecule has 3 aromatic carbocycles. The summed E-state index contributed by atoms with van der Waals surface area (Å²) in [5.41, 5.74) is 3.05. The number of fused-ring (bicyclic) bond motifs is 5. The summed E-state index contributed by atoms with van der Waals surface area (Å²) < 4.78 is 4.80. The van der Waals surface area contributed by atoms with Crippen molar-refractivity contribution >= 4 is 37.5 Å². The van der Waals surface area contributed by atoms with E-state index in [1.807, 2.05) is 18.2 Å². The van der Waals surface area contributed by atoms with Crippen LogP contribution < -0.4 is 0 Å². The second-order valence-corrected chi connectivity index (χ2v) is 7.58. The molecule has 25 heavy (non-hydrogen) atoms. The number of hydrogen-bond acceptors (Lipinski definition) is 1. The Morgan fingerprint density at radius 1 is 0.880 bits per heavy atom. The molecule has 1 heterocycles. The van der Waals surface area contributed by atoms with E-state index in [0.717, 1.165) is 6.61 Å². The highest BCUT2D eigenvalue weighted by molar-refractivity contribution is 9.09. The fourth-order valence-electron chi connectivity index (χ4n) is 3.71. The fraction of sp³-hybridized carbons (Fsp3) is 0.217. The first kappa shape index (κ1) is 16.4. The van der Waals surface area contributed by atoms with Crippen molar-refractivity contribution in [2.75, 3.05) is 6.61 Å². The molecule has 2 aliphatic rings. The van der Waals surface area contributed by atoms with Crippen molar-refractivity contribution in [2.45, 2.75) is 24.1 Å². The fourth-order valence-corrected chi connectivity index (χ4v) is 4.57. The van der Waals surface area contributed by atoms with Gasteiger partial charge in [0.05, 0.1) is 6.26 Å². The SMILES string of the molecule is BrC1CCCc2ccc3c(ccc4ccccc43)c21.C1=CCOC=C1. The molecule has 0 amide bonds. The molecule has 1 aliphatic heterocycles. The summed E-state index contributed by atoms with van der Waals surface area (Å²) in [5, 5.41) is 5.52. The number of ether oxygens (including phenoxy) is 1. The van der Waals surface area contributed by atoms with Crippen LogP contribution in [0.2, 0.25) is 0 Å². The van der Waals surface area contributed by atoms with Gasteiger partial charge in [-0.25, -0.2) is 0 Å². The Morgan fingerprint density at radius 3 is 2.52 bits per heavy atom. The lowest BCUT2D eigenvalue weighted by molar-refractivity contribution is 0.286. The minimum absolute atomic E-state index is 0.515. The van der Waals surface area contributed by atoms with Crippen LogP contribution in [0.5, 0.6) is 0 Å². The van der Waals surface area contributed by atoms with Gasteiger partial charge in [-0.05, 0) is 64.1 Å². The van der Waals surface area contributed by atoms with Crippen molar-refractivity contribution in [3.8, 4) is 0 Å². The van der Waals surface area contributed by atoms with Crippen LogP contribution in [0.1, 0.15) is 28.8 Å². The molecule has 1 atom stereocenters. The van der Waals surface area contributed by atoms with Crippen LogP contribution in [0, 0.1) is 0 Å². The van der Waals surface area contributed by atoms with Crippen LogP contribution in [0.4, 0.5) is 0 Å². The quantitative estimate of drug-likeness (QED) is 0.300. The summed E-state index contributed by atoms with van der Waals surface area (Å²) in [6, 6.07) is 17.9. The van der Waals surface area contributed by atoms with Crippen molar-refractivity contribution < 1.29 is 4.74 Å². The van der Waals surface area contributed by atoms with Crippen molar-refractivity contribution in [2.24, 2.45) is 0 Å². The molecule has 0 saturated carbocycles. The number of hydrogen-bond donors (Lipinski definition) is 0. The zero-order chi connectivity index (χ0) is 17.1. The van der Waals surface area contributed by atoms with Crippen LogP contribution in [-0.2, 0) is 11.2 Å². The van der Waals surface area contributed by atoms with E-state index >= 15 is 0 Å². The highest BCUT2D eigenvalue weighted by Gasteiger charge is 2.20. The maximum atomic E-state index is 4.80. The van der Waals surface area contributed by atoms with Crippen molar-refractivity contribution in [3.63, 3.8) is 0 Å². The van der Waals surface area contributed by atoms with Gasteiger partial charge in [0.1, 0.15) is 6.61 Å². The summed E-state index contributed by atoms with van der Waals surface area (Å²) >= 11 is 3.87. The third-order valence-corrected chi connectivity index (χ3v) is 5.81. The number of aryl methyl sites for hydroxylation is 1. The van der Waals surface area contributed by atoms with Crippen LogP contribution in [0.15, 0.2) is 73.0 Å². The maximum absolute atomic E-state index is 4.80. The van der Waals surface area contributed by atoms with Gasteiger partial charge in [-0.2, -0.15) is 0 Å². The van der Waals surface area contributed by atoms with E-state index in [9.17, 15) is 0 Å². The molecule has 1 unspecified atom stereocenters. The molecule has 0 fully saturated rings. The monoisotopic (exact) mass is 392 g/mol. The standard InChI is InChI=1S/C18H15Br.C5H6O/c19-17-7-3-5-13-9-10-15-14-6-2-1-4-12(14)8-11-16(15)18(13)17;1-2-4-6-5-3-1/h1-2,4,6,8-11,17H,3,5,7H2;1-4H,5H2. The van der Waals surface area contributed by atoms with Gasteiger partial charge in [0.15, 0.2) is 0 Å². The summed E-state index contributed by atoms with van der Waals surface area (Å²) in [4.78, 5) is 0.515. The van der Waals surface area contributed by atoms with Crippen LogP contribution in [0.25, 0.3) is 21.5 Å². The number of benzene rings is 3. The summed E-state index contributed by atoms with van der Waals surface area (Å²) in [6.07, 6.45) is 11.2. The van der Waals surface area contributed by atoms with Gasteiger partial charge >= 0.3 is 0 Å². The third-order valence-electron chi connectivity index (χ3n) is 4.89. The van der Waals surface area contributed by atoms with E-state index < -0.39 is 0 Å². The molecule has 1 aliphatic carbocycles. The Bertz CT molecular complexity index is 943. The smallest absolute Gasteiger partial charge is 0.106 e. The summed E-state index contributed by atoms with van der Waals surface area (Å²) in [6.45, 7) is 0.733. The van der Waals surface area contributed by atoms with E-state index in [2.05, 4.69) is 64.5 Å². The molecule has 0 N–H and O–H groups in total. The first-order valence-corrected chi connectivity index (χ1v) is 9.77. The van der Waals surface area contributed by atoms with Crippen molar-refractivity contribution in [1.29, 1.82) is 0 Å². The Morgan fingerprint density at radius 2 is 1.76 bits per heavy atom. The van der Waals surface area contributed by atoms with Crippen LogP contribution in [0.3, 0.4) is 0 Å². The average molecular weight is 393 g/mol. The molecular formula is C23H21BrO. The minimum Gasteiger partial charge on any atom is -0.497 e. The predicted molar refractivity (Wildman–Crippen MR) is 110 cm³/mol. The van der Waals surface area contributed by atoms with E-state index in [0.29, 0.717) is 4.83 Å². The van der Waals surface area contributed by atoms with Crippen molar-refractivity contribution in [1.82, 2.24) is 0 Å². The summed E-state index contributed by atoms with van der Waals surface area (Å²) in [5.74, 6) is 0. The first-order chi connectivity index (χ1) is 12.3. The average Bonchev–Trinajstić information content (AvgIpc) is 2.69. The largest absolute Gasteiger partial charge is 0.497 e. The van der Waals surface area contributed by atoms with E-state index in [1.165, 1.54) is 51.9 Å². The Hall–Kier alpha value is -2.06. The molecule has 0 bridgehead atoms. The summed E-state index contributed by atoms with van der Waals surface area (Å²) in [7, 11) is 0. The predicted octanol–water partition coefficient (Wildman–Crippen LogP) is 6.85. The van der Waals surface area contributed by atoms with Gasteiger partial charge in [0.2, 0.25) is 0 Å². The third kappa shape index (κ3) is 3.36. The molecule has 3 aromatic rings. The molecular weight excluding hydrogens is 372 g/mol. The molecule has 0 aromatic heterocycles. The molecule has 0 radical (unpaired) electrons. The van der Waals surface area contributed by atoms with Gasteiger partial charge in [-0.1, -0.05) is 70.5 Å². The highest BCUT2D eigenvalue weighted by atomic mass is 79.9. The first-order valence-electron chi connectivity index (χ1n) is 8.85. The minimum atomic E-state index is 0.515. The molecule has 2 heteroatoms. The highest BCUT2D eigenvalue weighted by Crippen LogP contribution is 2.41. The second-order valence-electron chi connectivity index (χ2n) is 6.47. The van der Waals surface area contributed by atoms with E-state index in [1.54, 1.807) is 6.26 Å². The zero-order valence-corrected chi connectivity index (χ0v) is 15.7. The number of rotatable bonds is 0. The Labute approximate surface area is 157 Å². The lowest BCUT2D eigenvalue weighted by Crippen LogP contribution is -2.05. The topological polar surface area (TPSA) is 9.23 Å². The second kappa shape index (κ2) is 7.45. The molecule has 0 spiro atoms. The lowest BCUT2D eigenvalue weighted by atomic mass is 9.86. The van der Waals surface area contributed by atoms with E-state index in [-0.39, 0.29) is 0 Å². The molecule has 0 saturated heterocycles. The van der Waals surface area contributed by atoms with Crippen LogP contribution >= 0.6 is 15.9 Å². The van der Waals surface area contributed by atoms with Gasteiger partial charge < -0.3 is 4.74 Å². The molecule has 1 nitrogen and oxygen atoms in total. The van der Waals surface area contributed by atoms with Gasteiger partial charge in [0, 0.05) is 4.83 Å². The zero-order valence-electron chi connectivity index (χ0n) is 14.1. The Kier molecular flexibility index (Phi) is 4.89. The normalized spacial score (nSPS) is 18.4. The van der Waals surface area contributed by atoms with E-state index in [4.69, 9.17) is 4.74 Å². The van der Waals surface area contributed by atoms with Gasteiger partial charge in [0.25, 0.3) is 0 Å². The lowest BCUT2D eigenvalue weighted by Gasteiger charge is -2.23. The molecule has 126 valence electrons. The number of allylic oxidation sites excluding steroid dienone is 2. The van der Waals surface area contributed by atoms with Gasteiger partial charge in [-0.3, -0.25) is 0 Å². The Balaban J connectivity index is 0.000000223. The maximum Gasteiger partial charge on any atom is 0.106 e. The van der Waals surface area contributed by atoms with Gasteiger partial charge in [-0.15, -0.1) is 0 Å². The van der Waals surface area contributed by atoms with Crippen molar-refractivity contribution in [3.05, 3.63) is 84.1 Å².